The van der Waals surface area contributed by atoms with Gasteiger partial charge < -0.3 is 10.4 Å². The Morgan fingerprint density at radius 1 is 1.29 bits per heavy atom. The van der Waals surface area contributed by atoms with Gasteiger partial charge in [0, 0.05) is 17.3 Å². The van der Waals surface area contributed by atoms with Gasteiger partial charge in [-0.05, 0) is 32.0 Å². The number of aromatic nitrogens is 1. The minimum absolute atomic E-state index is 0.0129. The molecular formula is C14H13N3O4. The number of carboxylic acid groups (broad SMARTS) is 1. The summed E-state index contributed by atoms with van der Waals surface area (Å²) in [5.74, 6) is -0.617. The number of carboxylic acids is 1. The fourth-order valence-corrected chi connectivity index (χ4v) is 1.89. The Balaban J connectivity index is 2.30. The van der Waals surface area contributed by atoms with Crippen molar-refractivity contribution >= 4 is 23.2 Å². The van der Waals surface area contributed by atoms with Gasteiger partial charge >= 0.3 is 5.97 Å². The summed E-state index contributed by atoms with van der Waals surface area (Å²) >= 11 is 0. The van der Waals surface area contributed by atoms with Crippen molar-refractivity contribution in [3.8, 4) is 0 Å². The van der Waals surface area contributed by atoms with Crippen molar-refractivity contribution in [2.45, 2.75) is 13.8 Å². The van der Waals surface area contributed by atoms with Crippen molar-refractivity contribution in [2.24, 2.45) is 0 Å². The highest BCUT2D eigenvalue weighted by atomic mass is 16.6. The zero-order chi connectivity index (χ0) is 15.6. The molecule has 0 aliphatic rings. The summed E-state index contributed by atoms with van der Waals surface area (Å²) < 4.78 is 0. The molecule has 0 bridgehead atoms. The van der Waals surface area contributed by atoms with Crippen LogP contribution in [0.1, 0.15) is 21.6 Å². The molecule has 0 radical (unpaired) electrons. The Morgan fingerprint density at radius 3 is 2.57 bits per heavy atom. The smallest absolute Gasteiger partial charge is 0.337 e. The number of aryl methyl sites for hydroxylation is 2. The molecule has 7 heteroatoms. The van der Waals surface area contributed by atoms with E-state index in [4.69, 9.17) is 5.11 Å². The number of pyridine rings is 1. The van der Waals surface area contributed by atoms with E-state index < -0.39 is 10.9 Å². The molecule has 0 aliphatic heterocycles. The van der Waals surface area contributed by atoms with Crippen molar-refractivity contribution in [2.75, 3.05) is 5.32 Å². The van der Waals surface area contributed by atoms with Crippen LogP contribution in [0, 0.1) is 24.0 Å². The fraction of sp³-hybridized carbons (Fsp3) is 0.143. The van der Waals surface area contributed by atoms with E-state index in [2.05, 4.69) is 10.3 Å². The second kappa shape index (κ2) is 5.58. The van der Waals surface area contributed by atoms with Crippen molar-refractivity contribution < 1.29 is 14.8 Å². The van der Waals surface area contributed by atoms with Crippen LogP contribution in [0.3, 0.4) is 0 Å². The minimum atomic E-state index is -1.04. The van der Waals surface area contributed by atoms with Gasteiger partial charge in [-0.3, -0.25) is 10.1 Å². The van der Waals surface area contributed by atoms with Gasteiger partial charge in [-0.15, -0.1) is 0 Å². The number of nitrogens with one attached hydrogen (secondary N) is 1. The van der Waals surface area contributed by atoms with Crippen LogP contribution < -0.4 is 5.32 Å². The average molecular weight is 287 g/mol. The number of carbonyl (C=O) groups is 1. The van der Waals surface area contributed by atoms with E-state index in [0.29, 0.717) is 22.8 Å². The molecule has 0 saturated carbocycles. The molecule has 2 N–H and O–H groups in total. The van der Waals surface area contributed by atoms with Crippen LogP contribution in [0.15, 0.2) is 30.3 Å². The molecule has 0 saturated heterocycles. The lowest BCUT2D eigenvalue weighted by Crippen LogP contribution is -2.04. The molecule has 0 spiro atoms. The summed E-state index contributed by atoms with van der Waals surface area (Å²) in [5.41, 5.74) is 1.58. The lowest BCUT2D eigenvalue weighted by atomic mass is 10.2. The molecule has 0 fully saturated rings. The normalized spacial score (nSPS) is 10.2. The number of benzene rings is 1. The zero-order valence-electron chi connectivity index (χ0n) is 11.5. The Morgan fingerprint density at radius 2 is 2.00 bits per heavy atom. The average Bonchev–Trinajstić information content (AvgIpc) is 2.40. The highest BCUT2D eigenvalue weighted by Gasteiger charge is 2.12. The third kappa shape index (κ3) is 3.14. The number of hydrogen-bond donors (Lipinski definition) is 2. The Labute approximate surface area is 120 Å². The Kier molecular flexibility index (Phi) is 3.84. The molecule has 1 aromatic carbocycles. The number of rotatable bonds is 4. The molecule has 0 unspecified atom stereocenters. The lowest BCUT2D eigenvalue weighted by molar-refractivity contribution is -0.385. The second-order valence-corrected chi connectivity index (χ2v) is 4.52. The SMILES string of the molecule is Cc1ccc(Nc2ccc(C(=O)O)c(C)n2)cc1[N+](=O)[O-]. The summed E-state index contributed by atoms with van der Waals surface area (Å²) in [6.07, 6.45) is 0. The van der Waals surface area contributed by atoms with Crippen LogP contribution in [0.2, 0.25) is 0 Å². The summed E-state index contributed by atoms with van der Waals surface area (Å²) in [7, 11) is 0. The summed E-state index contributed by atoms with van der Waals surface area (Å²) in [6.45, 7) is 3.25. The maximum absolute atomic E-state index is 10.9. The predicted molar refractivity (Wildman–Crippen MR) is 77.0 cm³/mol. The highest BCUT2D eigenvalue weighted by Crippen LogP contribution is 2.24. The van der Waals surface area contributed by atoms with Crippen LogP contribution in [0.4, 0.5) is 17.2 Å². The molecule has 1 heterocycles. The Bertz CT molecular complexity index is 728. The van der Waals surface area contributed by atoms with Gasteiger partial charge in [-0.2, -0.15) is 0 Å². The molecule has 21 heavy (non-hydrogen) atoms. The van der Waals surface area contributed by atoms with Crippen molar-refractivity contribution in [3.63, 3.8) is 0 Å². The summed E-state index contributed by atoms with van der Waals surface area (Å²) in [6, 6.07) is 7.71. The van der Waals surface area contributed by atoms with Gasteiger partial charge in [0.05, 0.1) is 16.2 Å². The van der Waals surface area contributed by atoms with Gasteiger partial charge in [-0.25, -0.2) is 9.78 Å². The van der Waals surface area contributed by atoms with Crippen LogP contribution in [0.25, 0.3) is 0 Å². The van der Waals surface area contributed by atoms with Crippen LogP contribution in [-0.4, -0.2) is 21.0 Å². The van der Waals surface area contributed by atoms with Crippen molar-refractivity contribution in [3.05, 3.63) is 57.3 Å². The van der Waals surface area contributed by atoms with E-state index in [1.165, 1.54) is 18.2 Å². The van der Waals surface area contributed by atoms with Gasteiger partial charge in [0.2, 0.25) is 0 Å². The van der Waals surface area contributed by atoms with Gasteiger partial charge in [0.1, 0.15) is 5.82 Å². The van der Waals surface area contributed by atoms with Crippen molar-refractivity contribution in [1.29, 1.82) is 0 Å². The lowest BCUT2D eigenvalue weighted by Gasteiger charge is -2.08. The van der Waals surface area contributed by atoms with E-state index in [1.807, 2.05) is 0 Å². The van der Waals surface area contributed by atoms with Crippen molar-refractivity contribution in [1.82, 2.24) is 4.98 Å². The number of aromatic carboxylic acids is 1. The quantitative estimate of drug-likeness (QED) is 0.661. The maximum atomic E-state index is 10.9. The zero-order valence-corrected chi connectivity index (χ0v) is 11.5. The second-order valence-electron chi connectivity index (χ2n) is 4.52. The van der Waals surface area contributed by atoms with E-state index in [0.717, 1.165) is 0 Å². The summed E-state index contributed by atoms with van der Waals surface area (Å²) in [5, 5.41) is 22.8. The molecule has 108 valence electrons. The van der Waals surface area contributed by atoms with E-state index >= 15 is 0 Å². The third-order valence-electron chi connectivity index (χ3n) is 2.99. The summed E-state index contributed by atoms with van der Waals surface area (Å²) in [4.78, 5) is 25.5. The first-order valence-electron chi connectivity index (χ1n) is 6.11. The molecule has 0 atom stereocenters. The largest absolute Gasteiger partial charge is 0.478 e. The molecule has 0 amide bonds. The van der Waals surface area contributed by atoms with Gasteiger partial charge in [0.25, 0.3) is 5.69 Å². The van der Waals surface area contributed by atoms with Crippen LogP contribution in [-0.2, 0) is 0 Å². The number of anilines is 2. The maximum Gasteiger partial charge on any atom is 0.337 e. The standard InChI is InChI=1S/C14H13N3O4/c1-8-3-4-10(7-12(8)17(20)21)16-13-6-5-11(14(18)19)9(2)15-13/h3-7H,1-2H3,(H,15,16)(H,18,19). The number of nitrogens with zero attached hydrogens (tertiary/aromatic N) is 2. The first-order valence-corrected chi connectivity index (χ1v) is 6.11. The fourth-order valence-electron chi connectivity index (χ4n) is 1.89. The molecule has 7 nitrogen and oxygen atoms in total. The number of hydrogen-bond acceptors (Lipinski definition) is 5. The topological polar surface area (TPSA) is 105 Å². The molecule has 1 aromatic heterocycles. The molecule has 2 rings (SSSR count). The first kappa shape index (κ1) is 14.4. The first-order chi connectivity index (χ1) is 9.88. The van der Waals surface area contributed by atoms with E-state index in [-0.39, 0.29) is 11.3 Å². The van der Waals surface area contributed by atoms with Gasteiger partial charge in [0.15, 0.2) is 0 Å². The predicted octanol–water partition coefficient (Wildman–Crippen LogP) is 3.05. The number of nitro groups is 1. The highest BCUT2D eigenvalue weighted by molar-refractivity contribution is 5.89. The van der Waals surface area contributed by atoms with E-state index in [1.54, 1.807) is 26.0 Å². The number of nitro benzene ring substituents is 1. The van der Waals surface area contributed by atoms with Crippen LogP contribution in [0.5, 0.6) is 0 Å². The molecule has 2 aromatic rings. The van der Waals surface area contributed by atoms with E-state index in [9.17, 15) is 14.9 Å². The van der Waals surface area contributed by atoms with Gasteiger partial charge in [-0.1, -0.05) is 6.07 Å². The monoisotopic (exact) mass is 287 g/mol. The molecule has 0 aliphatic carbocycles. The third-order valence-corrected chi connectivity index (χ3v) is 2.99. The van der Waals surface area contributed by atoms with Crippen LogP contribution >= 0.6 is 0 Å². The minimum Gasteiger partial charge on any atom is -0.478 e. The Hall–Kier alpha value is -2.96. The molecular weight excluding hydrogens is 274 g/mol.